The van der Waals surface area contributed by atoms with Crippen LogP contribution in [0.4, 0.5) is 0 Å². The van der Waals surface area contributed by atoms with Gasteiger partial charge >= 0.3 is 0 Å². The first-order valence-electron chi connectivity index (χ1n) is 3.67. The molecule has 56 valence electrons. The molecule has 1 nitrogen and oxygen atoms in total. The van der Waals surface area contributed by atoms with Gasteiger partial charge in [0.15, 0.2) is 0 Å². The van der Waals surface area contributed by atoms with E-state index in [1.54, 1.807) is 0 Å². The molecule has 0 amide bonds. The second-order valence-corrected chi connectivity index (χ2v) is 2.06. The van der Waals surface area contributed by atoms with Crippen LogP contribution in [0.1, 0.15) is 26.2 Å². The van der Waals surface area contributed by atoms with Crippen LogP contribution in [0, 0.1) is 0 Å². The Hall–Kier alpha value is -0.850. The van der Waals surface area contributed by atoms with Crippen molar-refractivity contribution in [2.24, 2.45) is 0 Å². The van der Waals surface area contributed by atoms with Crippen molar-refractivity contribution in [2.45, 2.75) is 26.2 Å². The van der Waals surface area contributed by atoms with Crippen LogP contribution in [-0.2, 0) is 4.79 Å². The molecule has 0 aromatic heterocycles. The first-order chi connectivity index (χ1) is 4.91. The Morgan fingerprint density at radius 2 is 2.00 bits per heavy atom. The summed E-state index contributed by atoms with van der Waals surface area (Å²) in [5.74, 6) is 0. The quantitative estimate of drug-likeness (QED) is 0.324. The zero-order valence-corrected chi connectivity index (χ0v) is 6.42. The zero-order valence-electron chi connectivity index (χ0n) is 6.42. The predicted octanol–water partition coefficient (Wildman–Crippen LogP) is 2.49. The highest BCUT2D eigenvalue weighted by molar-refractivity contribution is 5.64. The molecule has 0 aliphatic rings. The largest absolute Gasteiger partial charge is 0.299 e. The van der Waals surface area contributed by atoms with Crippen molar-refractivity contribution in [3.8, 4) is 0 Å². The second kappa shape index (κ2) is 8.15. The van der Waals surface area contributed by atoms with E-state index in [9.17, 15) is 4.79 Å². The fraction of sp³-hybridized carbons (Fsp3) is 0.444. The fourth-order valence-electron chi connectivity index (χ4n) is 0.593. The average molecular weight is 138 g/mol. The van der Waals surface area contributed by atoms with Gasteiger partial charge in [-0.1, -0.05) is 31.6 Å². The van der Waals surface area contributed by atoms with Crippen LogP contribution in [0.15, 0.2) is 24.3 Å². The monoisotopic (exact) mass is 138 g/mol. The number of aldehydes is 1. The molecule has 0 rings (SSSR count). The highest BCUT2D eigenvalue weighted by atomic mass is 16.1. The first kappa shape index (κ1) is 9.15. The molecule has 0 N–H and O–H groups in total. The minimum atomic E-state index is 0.799. The Labute approximate surface area is 62.4 Å². The summed E-state index contributed by atoms with van der Waals surface area (Å²) in [7, 11) is 0. The minimum Gasteiger partial charge on any atom is -0.299 e. The van der Waals surface area contributed by atoms with Gasteiger partial charge in [0.1, 0.15) is 6.29 Å². The Bertz CT molecular complexity index is 123. The van der Waals surface area contributed by atoms with Crippen molar-refractivity contribution in [1.29, 1.82) is 0 Å². The summed E-state index contributed by atoms with van der Waals surface area (Å²) >= 11 is 0. The highest BCUT2D eigenvalue weighted by Gasteiger charge is 1.71. The Balaban J connectivity index is 3.17. The topological polar surface area (TPSA) is 17.1 Å². The summed E-state index contributed by atoms with van der Waals surface area (Å²) in [6, 6.07) is 0. The van der Waals surface area contributed by atoms with Crippen LogP contribution in [0.5, 0.6) is 0 Å². The van der Waals surface area contributed by atoms with E-state index in [2.05, 4.69) is 19.1 Å². The normalized spacial score (nSPS) is 11.3. The lowest BCUT2D eigenvalue weighted by atomic mass is 10.3. The van der Waals surface area contributed by atoms with Gasteiger partial charge < -0.3 is 0 Å². The second-order valence-electron chi connectivity index (χ2n) is 2.06. The number of carbonyl (C=O) groups is 1. The third-order valence-corrected chi connectivity index (χ3v) is 1.11. The van der Waals surface area contributed by atoms with E-state index in [-0.39, 0.29) is 0 Å². The van der Waals surface area contributed by atoms with Crippen LogP contribution < -0.4 is 0 Å². The molecule has 1 heteroatoms. The molecule has 0 atom stereocenters. The van der Waals surface area contributed by atoms with Gasteiger partial charge in [-0.15, -0.1) is 0 Å². The molecule has 0 aliphatic heterocycles. The molecule has 0 heterocycles. The van der Waals surface area contributed by atoms with Crippen molar-refractivity contribution in [3.05, 3.63) is 24.3 Å². The third-order valence-electron chi connectivity index (χ3n) is 1.11. The standard InChI is InChI=1S/C9H14O/c1-2-3-4-5-6-7-8-9-10/h4-5,7-9H,2-3,6H2,1H3/b5-4+,8-7+. The minimum absolute atomic E-state index is 0.799. The summed E-state index contributed by atoms with van der Waals surface area (Å²) in [5.41, 5.74) is 0. The van der Waals surface area contributed by atoms with Crippen molar-refractivity contribution in [1.82, 2.24) is 0 Å². The van der Waals surface area contributed by atoms with Crippen LogP contribution in [0.2, 0.25) is 0 Å². The van der Waals surface area contributed by atoms with E-state index in [1.165, 1.54) is 12.5 Å². The highest BCUT2D eigenvalue weighted by Crippen LogP contribution is 1.91. The average Bonchev–Trinajstić information content (AvgIpc) is 1.97. The van der Waals surface area contributed by atoms with Gasteiger partial charge in [-0.05, 0) is 18.9 Å². The molecule has 0 unspecified atom stereocenters. The predicted molar refractivity (Wildman–Crippen MR) is 43.9 cm³/mol. The van der Waals surface area contributed by atoms with Gasteiger partial charge in [-0.2, -0.15) is 0 Å². The maximum atomic E-state index is 9.78. The maximum Gasteiger partial charge on any atom is 0.142 e. The van der Waals surface area contributed by atoms with Crippen molar-refractivity contribution >= 4 is 6.29 Å². The number of hydrogen-bond donors (Lipinski definition) is 0. The SMILES string of the molecule is CCC/C=C/C/C=C/C=O. The Morgan fingerprint density at radius 1 is 1.20 bits per heavy atom. The molecule has 0 fully saturated rings. The van der Waals surface area contributed by atoms with Crippen molar-refractivity contribution in [3.63, 3.8) is 0 Å². The zero-order chi connectivity index (χ0) is 7.66. The Kier molecular flexibility index (Phi) is 7.46. The van der Waals surface area contributed by atoms with Crippen LogP contribution >= 0.6 is 0 Å². The summed E-state index contributed by atoms with van der Waals surface area (Å²) in [4.78, 5) is 9.78. The molecule has 0 bridgehead atoms. The van der Waals surface area contributed by atoms with Gasteiger partial charge in [0, 0.05) is 0 Å². The lowest BCUT2D eigenvalue weighted by Crippen LogP contribution is -1.63. The molecular weight excluding hydrogens is 124 g/mol. The van der Waals surface area contributed by atoms with Crippen LogP contribution in [0.3, 0.4) is 0 Å². The van der Waals surface area contributed by atoms with E-state index >= 15 is 0 Å². The van der Waals surface area contributed by atoms with Gasteiger partial charge in [-0.25, -0.2) is 0 Å². The number of unbranched alkanes of at least 4 members (excludes halogenated alkanes) is 1. The molecular formula is C9H14O. The van der Waals surface area contributed by atoms with Gasteiger partial charge in [0.2, 0.25) is 0 Å². The summed E-state index contributed by atoms with van der Waals surface area (Å²) in [6.07, 6.45) is 11.6. The summed E-state index contributed by atoms with van der Waals surface area (Å²) in [6.45, 7) is 2.14. The lowest BCUT2D eigenvalue weighted by molar-refractivity contribution is -0.104. The van der Waals surface area contributed by atoms with Crippen LogP contribution in [-0.4, -0.2) is 6.29 Å². The molecule has 0 aromatic carbocycles. The van der Waals surface area contributed by atoms with E-state index in [0.29, 0.717) is 0 Å². The van der Waals surface area contributed by atoms with Crippen molar-refractivity contribution < 1.29 is 4.79 Å². The summed E-state index contributed by atoms with van der Waals surface area (Å²) < 4.78 is 0. The number of carbonyl (C=O) groups excluding carboxylic acids is 1. The number of allylic oxidation sites excluding steroid dienone is 4. The number of rotatable bonds is 5. The van der Waals surface area contributed by atoms with Gasteiger partial charge in [0.25, 0.3) is 0 Å². The molecule has 0 radical (unpaired) electrons. The van der Waals surface area contributed by atoms with E-state index in [1.807, 2.05) is 6.08 Å². The molecule has 0 aromatic rings. The van der Waals surface area contributed by atoms with E-state index < -0.39 is 0 Å². The molecule has 10 heavy (non-hydrogen) atoms. The third kappa shape index (κ3) is 7.15. The van der Waals surface area contributed by atoms with Crippen molar-refractivity contribution in [2.75, 3.05) is 0 Å². The van der Waals surface area contributed by atoms with E-state index in [4.69, 9.17) is 0 Å². The smallest absolute Gasteiger partial charge is 0.142 e. The Morgan fingerprint density at radius 3 is 2.60 bits per heavy atom. The summed E-state index contributed by atoms with van der Waals surface area (Å²) in [5, 5.41) is 0. The first-order valence-corrected chi connectivity index (χ1v) is 3.67. The van der Waals surface area contributed by atoms with Crippen LogP contribution in [0.25, 0.3) is 0 Å². The van der Waals surface area contributed by atoms with Gasteiger partial charge in [0.05, 0.1) is 0 Å². The van der Waals surface area contributed by atoms with E-state index in [0.717, 1.165) is 19.1 Å². The molecule has 0 spiro atoms. The fourth-order valence-corrected chi connectivity index (χ4v) is 0.593. The number of hydrogen-bond acceptors (Lipinski definition) is 1. The van der Waals surface area contributed by atoms with Gasteiger partial charge in [-0.3, -0.25) is 4.79 Å². The molecule has 0 saturated heterocycles. The molecule has 0 aliphatic carbocycles. The lowest BCUT2D eigenvalue weighted by Gasteiger charge is -1.81. The molecule has 0 saturated carbocycles. The maximum absolute atomic E-state index is 9.78.